The first-order chi connectivity index (χ1) is 10.1. The smallest absolute Gasteiger partial charge is 0.236 e. The zero-order valence-corrected chi connectivity index (χ0v) is 12.6. The molecule has 0 unspecified atom stereocenters. The van der Waals surface area contributed by atoms with Crippen molar-refractivity contribution >= 4 is 5.91 Å². The lowest BCUT2D eigenvalue weighted by atomic mass is 9.97. The molecule has 0 bridgehead atoms. The van der Waals surface area contributed by atoms with E-state index in [4.69, 9.17) is 5.73 Å². The second kappa shape index (κ2) is 7.52. The van der Waals surface area contributed by atoms with Crippen LogP contribution in [0.4, 0.5) is 4.39 Å². The zero-order valence-electron chi connectivity index (χ0n) is 12.6. The van der Waals surface area contributed by atoms with Crippen molar-refractivity contribution in [3.63, 3.8) is 0 Å². The summed E-state index contributed by atoms with van der Waals surface area (Å²) < 4.78 is 13.6. The van der Waals surface area contributed by atoms with Crippen molar-refractivity contribution in [2.45, 2.75) is 19.4 Å². The Kier molecular flexibility index (Phi) is 5.70. The number of hydrogen-bond acceptors (Lipinski definition) is 3. The molecule has 1 fully saturated rings. The molecule has 21 heavy (non-hydrogen) atoms. The van der Waals surface area contributed by atoms with Crippen LogP contribution in [-0.4, -0.2) is 48.9 Å². The quantitative estimate of drug-likeness (QED) is 0.894. The van der Waals surface area contributed by atoms with Gasteiger partial charge in [-0.2, -0.15) is 0 Å². The third-order valence-corrected chi connectivity index (χ3v) is 4.19. The Bertz CT molecular complexity index is 472. The molecule has 1 aliphatic rings. The number of carbonyl (C=O) groups excluding carboxylic acids is 1. The minimum atomic E-state index is -0.263. The Labute approximate surface area is 125 Å². The summed E-state index contributed by atoms with van der Waals surface area (Å²) in [6.07, 6.45) is 2.11. The van der Waals surface area contributed by atoms with Gasteiger partial charge in [0, 0.05) is 19.2 Å². The summed E-state index contributed by atoms with van der Waals surface area (Å²) in [4.78, 5) is 16.0. The average Bonchev–Trinajstić information content (AvgIpc) is 2.50. The molecule has 1 aromatic carbocycles. The van der Waals surface area contributed by atoms with Crippen molar-refractivity contribution in [3.05, 3.63) is 35.6 Å². The Morgan fingerprint density at radius 2 is 2.05 bits per heavy atom. The minimum absolute atomic E-state index is 0.0319. The second-order valence-corrected chi connectivity index (χ2v) is 5.80. The number of rotatable bonds is 5. The van der Waals surface area contributed by atoms with Gasteiger partial charge in [-0.05, 0) is 44.5 Å². The molecule has 1 heterocycles. The van der Waals surface area contributed by atoms with Gasteiger partial charge in [-0.3, -0.25) is 9.69 Å². The van der Waals surface area contributed by atoms with Crippen LogP contribution in [0.1, 0.15) is 18.4 Å². The summed E-state index contributed by atoms with van der Waals surface area (Å²) in [5.41, 5.74) is 6.22. The van der Waals surface area contributed by atoms with Gasteiger partial charge in [0.1, 0.15) is 5.82 Å². The largest absolute Gasteiger partial charge is 0.340 e. The molecule has 2 rings (SSSR count). The Morgan fingerprint density at radius 1 is 1.38 bits per heavy atom. The predicted octanol–water partition coefficient (Wildman–Crippen LogP) is 1.45. The van der Waals surface area contributed by atoms with Gasteiger partial charge in [0.15, 0.2) is 0 Å². The summed E-state index contributed by atoms with van der Waals surface area (Å²) in [5.74, 6) is 0.359. The van der Waals surface area contributed by atoms with E-state index >= 15 is 0 Å². The minimum Gasteiger partial charge on any atom is -0.340 e. The van der Waals surface area contributed by atoms with E-state index in [1.54, 1.807) is 30.1 Å². The molecule has 0 radical (unpaired) electrons. The lowest BCUT2D eigenvalue weighted by Crippen LogP contribution is -2.43. The third-order valence-electron chi connectivity index (χ3n) is 4.19. The summed E-state index contributed by atoms with van der Waals surface area (Å²) in [6.45, 7) is 3.28. The molecule has 1 aromatic rings. The molecule has 0 spiro atoms. The molecule has 1 amide bonds. The number of amides is 1. The van der Waals surface area contributed by atoms with Crippen LogP contribution in [0, 0.1) is 11.7 Å². The van der Waals surface area contributed by atoms with Crippen LogP contribution in [0.3, 0.4) is 0 Å². The highest BCUT2D eigenvalue weighted by Gasteiger charge is 2.21. The van der Waals surface area contributed by atoms with Gasteiger partial charge >= 0.3 is 0 Å². The van der Waals surface area contributed by atoms with Crippen LogP contribution < -0.4 is 5.73 Å². The first-order valence-electron chi connectivity index (χ1n) is 7.50. The fraction of sp³-hybridized carbons (Fsp3) is 0.562. The summed E-state index contributed by atoms with van der Waals surface area (Å²) in [7, 11) is 1.72. The molecule has 0 aromatic heterocycles. The highest BCUT2D eigenvalue weighted by Crippen LogP contribution is 2.16. The van der Waals surface area contributed by atoms with Crippen LogP contribution in [0.15, 0.2) is 24.3 Å². The highest BCUT2D eigenvalue weighted by molar-refractivity contribution is 5.78. The molecule has 4 nitrogen and oxygen atoms in total. The second-order valence-electron chi connectivity index (χ2n) is 5.80. The van der Waals surface area contributed by atoms with Gasteiger partial charge < -0.3 is 10.6 Å². The first-order valence-corrected chi connectivity index (χ1v) is 7.50. The molecule has 116 valence electrons. The molecular weight excluding hydrogens is 269 g/mol. The van der Waals surface area contributed by atoms with Gasteiger partial charge in [-0.25, -0.2) is 4.39 Å². The maximum atomic E-state index is 13.6. The van der Waals surface area contributed by atoms with E-state index in [9.17, 15) is 9.18 Å². The predicted molar refractivity (Wildman–Crippen MR) is 81.1 cm³/mol. The fourth-order valence-electron chi connectivity index (χ4n) is 2.66. The normalized spacial score (nSPS) is 16.9. The SMILES string of the molecule is CN(Cc1ccccc1F)C(=O)CN1CCC(CN)CC1. The van der Waals surface area contributed by atoms with Crippen molar-refractivity contribution in [3.8, 4) is 0 Å². The Balaban J connectivity index is 1.82. The lowest BCUT2D eigenvalue weighted by Gasteiger charge is -2.32. The van der Waals surface area contributed by atoms with Crippen molar-refractivity contribution < 1.29 is 9.18 Å². The lowest BCUT2D eigenvalue weighted by molar-refractivity contribution is -0.132. The molecule has 0 saturated carbocycles. The van der Waals surface area contributed by atoms with E-state index in [1.165, 1.54) is 6.07 Å². The zero-order chi connectivity index (χ0) is 15.2. The van der Waals surface area contributed by atoms with Gasteiger partial charge in [0.25, 0.3) is 0 Å². The summed E-state index contributed by atoms with van der Waals surface area (Å²) in [6, 6.07) is 6.58. The summed E-state index contributed by atoms with van der Waals surface area (Å²) in [5, 5.41) is 0. The first kappa shape index (κ1) is 15.9. The van der Waals surface area contributed by atoms with Gasteiger partial charge in [-0.1, -0.05) is 18.2 Å². The number of piperidine rings is 1. The Morgan fingerprint density at radius 3 is 2.67 bits per heavy atom. The molecule has 1 saturated heterocycles. The number of likely N-dealkylation sites (tertiary alicyclic amines) is 1. The number of carbonyl (C=O) groups is 1. The average molecular weight is 293 g/mol. The highest BCUT2D eigenvalue weighted by atomic mass is 19.1. The molecular formula is C16H24FN3O. The number of nitrogens with zero attached hydrogens (tertiary/aromatic N) is 2. The topological polar surface area (TPSA) is 49.6 Å². The van der Waals surface area contributed by atoms with Crippen molar-refractivity contribution in [1.82, 2.24) is 9.80 Å². The standard InChI is InChI=1S/C16H24FN3O/c1-19(11-14-4-2-3-5-15(14)17)16(21)12-20-8-6-13(10-18)7-9-20/h2-5,13H,6-12,18H2,1H3. The van der Waals surface area contributed by atoms with E-state index in [2.05, 4.69) is 4.90 Å². The third kappa shape index (κ3) is 4.51. The maximum absolute atomic E-state index is 13.6. The Hall–Kier alpha value is -1.46. The molecule has 1 aliphatic heterocycles. The number of likely N-dealkylation sites (N-methyl/N-ethyl adjacent to an activating group) is 1. The van der Waals surface area contributed by atoms with Crippen molar-refractivity contribution in [2.24, 2.45) is 11.7 Å². The number of benzene rings is 1. The monoisotopic (exact) mass is 293 g/mol. The number of nitrogens with two attached hydrogens (primary N) is 1. The number of halogens is 1. The fourth-order valence-corrected chi connectivity index (χ4v) is 2.66. The molecule has 0 aliphatic carbocycles. The van der Waals surface area contributed by atoms with Crippen LogP contribution in [0.2, 0.25) is 0 Å². The van der Waals surface area contributed by atoms with Crippen LogP contribution in [0.25, 0.3) is 0 Å². The maximum Gasteiger partial charge on any atom is 0.236 e. The molecule has 0 atom stereocenters. The number of hydrogen-bond donors (Lipinski definition) is 1. The van der Waals surface area contributed by atoms with Crippen LogP contribution >= 0.6 is 0 Å². The van der Waals surface area contributed by atoms with Crippen LogP contribution in [-0.2, 0) is 11.3 Å². The van der Waals surface area contributed by atoms with Crippen molar-refractivity contribution in [1.29, 1.82) is 0 Å². The van der Waals surface area contributed by atoms with Crippen molar-refractivity contribution in [2.75, 3.05) is 33.2 Å². The van der Waals surface area contributed by atoms with Gasteiger partial charge in [0.05, 0.1) is 6.54 Å². The molecule has 2 N–H and O–H groups in total. The van der Waals surface area contributed by atoms with Gasteiger partial charge in [0.2, 0.25) is 5.91 Å². The van der Waals surface area contributed by atoms with E-state index in [1.807, 2.05) is 0 Å². The van der Waals surface area contributed by atoms with Crippen LogP contribution in [0.5, 0.6) is 0 Å². The van der Waals surface area contributed by atoms with E-state index in [-0.39, 0.29) is 11.7 Å². The van der Waals surface area contributed by atoms with Gasteiger partial charge in [-0.15, -0.1) is 0 Å². The van der Waals surface area contributed by atoms with E-state index < -0.39 is 0 Å². The van der Waals surface area contributed by atoms with E-state index in [0.29, 0.717) is 24.6 Å². The summed E-state index contributed by atoms with van der Waals surface area (Å²) >= 11 is 0. The van der Waals surface area contributed by atoms with E-state index in [0.717, 1.165) is 32.5 Å². The molecule has 5 heteroatoms.